The minimum absolute atomic E-state index is 0.0684. The Labute approximate surface area is 116 Å². The molecule has 0 saturated heterocycles. The molecule has 110 valence electrons. The fourth-order valence-corrected chi connectivity index (χ4v) is 1.45. The minimum Gasteiger partial charge on any atom is -0.482 e. The van der Waals surface area contributed by atoms with Crippen LogP contribution in [0.15, 0.2) is 18.2 Å². The van der Waals surface area contributed by atoms with Crippen LogP contribution >= 0.6 is 0 Å². The molecule has 1 aromatic carbocycles. The van der Waals surface area contributed by atoms with Crippen molar-refractivity contribution in [1.29, 1.82) is 0 Å². The normalized spacial score (nSPS) is 10.1. The highest BCUT2D eigenvalue weighted by Crippen LogP contribution is 2.22. The zero-order valence-corrected chi connectivity index (χ0v) is 11.2. The number of anilines is 1. The molecular formula is C13H18N2O5. The second-order valence-corrected chi connectivity index (χ2v) is 4.04. The van der Waals surface area contributed by atoms with Gasteiger partial charge in [0, 0.05) is 20.3 Å². The van der Waals surface area contributed by atoms with Crippen molar-refractivity contribution < 1.29 is 24.2 Å². The summed E-state index contributed by atoms with van der Waals surface area (Å²) in [5.41, 5.74) is 5.89. The van der Waals surface area contributed by atoms with Crippen LogP contribution in [0.2, 0.25) is 0 Å². The van der Waals surface area contributed by atoms with Crippen LogP contribution in [0, 0.1) is 0 Å². The Hall–Kier alpha value is -2.28. The zero-order valence-electron chi connectivity index (χ0n) is 11.2. The van der Waals surface area contributed by atoms with E-state index < -0.39 is 5.97 Å². The van der Waals surface area contributed by atoms with E-state index in [0.717, 1.165) is 6.42 Å². The third-order valence-corrected chi connectivity index (χ3v) is 2.46. The van der Waals surface area contributed by atoms with Gasteiger partial charge in [0.05, 0.1) is 11.3 Å². The van der Waals surface area contributed by atoms with Gasteiger partial charge in [0.2, 0.25) is 0 Å². The average molecular weight is 282 g/mol. The van der Waals surface area contributed by atoms with E-state index in [4.69, 9.17) is 20.3 Å². The number of methoxy groups -OCH3 is 1. The van der Waals surface area contributed by atoms with Gasteiger partial charge in [0.25, 0.3) is 5.91 Å². The van der Waals surface area contributed by atoms with Crippen molar-refractivity contribution in [3.8, 4) is 5.75 Å². The standard InChI is InChI=1S/C13H18N2O5/c1-19-6-2-5-15-12(16)8-20-11-4-3-9(13(17)18)7-10(11)14/h3-4,7H,2,5-6,8,14H2,1H3,(H,15,16)(H,17,18). The number of hydrogen-bond donors (Lipinski definition) is 3. The van der Waals surface area contributed by atoms with Gasteiger partial charge in [-0.3, -0.25) is 4.79 Å². The van der Waals surface area contributed by atoms with Crippen LogP contribution in [0.4, 0.5) is 5.69 Å². The van der Waals surface area contributed by atoms with E-state index in [1.54, 1.807) is 7.11 Å². The molecule has 0 aliphatic heterocycles. The van der Waals surface area contributed by atoms with Crippen molar-refractivity contribution in [2.75, 3.05) is 32.6 Å². The Morgan fingerprint density at radius 2 is 2.15 bits per heavy atom. The topological polar surface area (TPSA) is 111 Å². The van der Waals surface area contributed by atoms with Crippen molar-refractivity contribution >= 4 is 17.6 Å². The molecule has 0 heterocycles. The number of rotatable bonds is 8. The number of carboxylic acids is 1. The van der Waals surface area contributed by atoms with Crippen LogP contribution in [-0.4, -0.2) is 43.9 Å². The summed E-state index contributed by atoms with van der Waals surface area (Å²) in [7, 11) is 1.59. The predicted octanol–water partition coefficient (Wildman–Crippen LogP) is 0.498. The Balaban J connectivity index is 2.41. The molecule has 20 heavy (non-hydrogen) atoms. The maximum absolute atomic E-state index is 11.5. The Morgan fingerprint density at radius 3 is 2.75 bits per heavy atom. The molecule has 0 aliphatic carbocycles. The smallest absolute Gasteiger partial charge is 0.335 e. The van der Waals surface area contributed by atoms with Gasteiger partial charge in [-0.05, 0) is 24.6 Å². The van der Waals surface area contributed by atoms with Crippen LogP contribution in [0.25, 0.3) is 0 Å². The van der Waals surface area contributed by atoms with Crippen LogP contribution < -0.4 is 15.8 Å². The first-order valence-electron chi connectivity index (χ1n) is 6.06. The Bertz CT molecular complexity index is 476. The molecule has 1 rings (SSSR count). The average Bonchev–Trinajstić information content (AvgIpc) is 2.42. The first kappa shape index (κ1) is 15.8. The molecule has 0 radical (unpaired) electrons. The summed E-state index contributed by atoms with van der Waals surface area (Å²) < 4.78 is 10.1. The predicted molar refractivity (Wildman–Crippen MR) is 72.8 cm³/mol. The van der Waals surface area contributed by atoms with E-state index in [2.05, 4.69) is 5.32 Å². The fourth-order valence-electron chi connectivity index (χ4n) is 1.45. The highest BCUT2D eigenvalue weighted by Gasteiger charge is 2.08. The summed E-state index contributed by atoms with van der Waals surface area (Å²) >= 11 is 0. The van der Waals surface area contributed by atoms with Crippen LogP contribution in [0.1, 0.15) is 16.8 Å². The van der Waals surface area contributed by atoms with E-state index in [1.165, 1.54) is 18.2 Å². The van der Waals surface area contributed by atoms with E-state index in [1.807, 2.05) is 0 Å². The maximum atomic E-state index is 11.5. The van der Waals surface area contributed by atoms with Crippen molar-refractivity contribution in [2.24, 2.45) is 0 Å². The van der Waals surface area contributed by atoms with Crippen molar-refractivity contribution in [3.63, 3.8) is 0 Å². The third kappa shape index (κ3) is 5.15. The summed E-state index contributed by atoms with van der Waals surface area (Å²) in [6.45, 7) is 0.901. The molecule has 0 atom stereocenters. The number of aromatic carboxylic acids is 1. The van der Waals surface area contributed by atoms with Crippen molar-refractivity contribution in [2.45, 2.75) is 6.42 Å². The molecule has 0 aromatic heterocycles. The number of nitrogens with two attached hydrogens (primary N) is 1. The molecule has 0 bridgehead atoms. The zero-order chi connectivity index (χ0) is 15.0. The number of carbonyl (C=O) groups is 2. The van der Waals surface area contributed by atoms with E-state index >= 15 is 0 Å². The first-order valence-corrected chi connectivity index (χ1v) is 6.06. The van der Waals surface area contributed by atoms with E-state index in [-0.39, 0.29) is 29.5 Å². The summed E-state index contributed by atoms with van der Waals surface area (Å²) in [4.78, 5) is 22.2. The van der Waals surface area contributed by atoms with Crippen molar-refractivity contribution in [3.05, 3.63) is 23.8 Å². The molecule has 7 heteroatoms. The molecule has 0 fully saturated rings. The minimum atomic E-state index is -1.07. The molecule has 7 nitrogen and oxygen atoms in total. The first-order chi connectivity index (χ1) is 9.54. The lowest BCUT2D eigenvalue weighted by atomic mass is 10.2. The molecule has 4 N–H and O–H groups in total. The van der Waals surface area contributed by atoms with Gasteiger partial charge < -0.3 is 25.6 Å². The summed E-state index contributed by atoms with van der Waals surface area (Å²) in [5.74, 6) is -1.07. The molecule has 0 spiro atoms. The highest BCUT2D eigenvalue weighted by molar-refractivity contribution is 5.89. The molecular weight excluding hydrogens is 264 g/mol. The molecule has 0 unspecified atom stereocenters. The SMILES string of the molecule is COCCCNC(=O)COc1ccc(C(=O)O)cc1N. The number of nitrogens with one attached hydrogen (secondary N) is 1. The fraction of sp³-hybridized carbons (Fsp3) is 0.385. The Morgan fingerprint density at radius 1 is 1.40 bits per heavy atom. The monoisotopic (exact) mass is 282 g/mol. The second kappa shape index (κ2) is 8.00. The van der Waals surface area contributed by atoms with Gasteiger partial charge in [-0.25, -0.2) is 4.79 Å². The van der Waals surface area contributed by atoms with Gasteiger partial charge in [0.1, 0.15) is 5.75 Å². The largest absolute Gasteiger partial charge is 0.482 e. The van der Waals surface area contributed by atoms with Gasteiger partial charge in [-0.15, -0.1) is 0 Å². The van der Waals surface area contributed by atoms with Gasteiger partial charge in [-0.2, -0.15) is 0 Å². The molecule has 0 aliphatic rings. The van der Waals surface area contributed by atoms with Gasteiger partial charge in [-0.1, -0.05) is 0 Å². The van der Waals surface area contributed by atoms with Crippen LogP contribution in [0.5, 0.6) is 5.75 Å². The van der Waals surface area contributed by atoms with Crippen LogP contribution in [-0.2, 0) is 9.53 Å². The lowest BCUT2D eigenvalue weighted by Gasteiger charge is -2.09. The van der Waals surface area contributed by atoms with Gasteiger partial charge >= 0.3 is 5.97 Å². The highest BCUT2D eigenvalue weighted by atomic mass is 16.5. The second-order valence-electron chi connectivity index (χ2n) is 4.04. The third-order valence-electron chi connectivity index (χ3n) is 2.46. The summed E-state index contributed by atoms with van der Waals surface area (Å²) in [6.07, 6.45) is 0.720. The number of carboxylic acid groups (broad SMARTS) is 1. The lowest BCUT2D eigenvalue weighted by Crippen LogP contribution is -2.30. The van der Waals surface area contributed by atoms with E-state index in [0.29, 0.717) is 13.2 Å². The van der Waals surface area contributed by atoms with Crippen LogP contribution in [0.3, 0.4) is 0 Å². The number of nitrogen functional groups attached to an aromatic ring is 1. The lowest BCUT2D eigenvalue weighted by molar-refractivity contribution is -0.123. The number of carbonyl (C=O) groups excluding carboxylic acids is 1. The summed E-state index contributed by atoms with van der Waals surface area (Å²) in [6, 6.07) is 4.08. The number of ether oxygens (including phenoxy) is 2. The van der Waals surface area contributed by atoms with E-state index in [9.17, 15) is 9.59 Å². The Kier molecular flexibility index (Phi) is 6.31. The quantitative estimate of drug-likeness (QED) is 0.473. The number of amides is 1. The molecule has 1 aromatic rings. The number of benzene rings is 1. The van der Waals surface area contributed by atoms with Crippen molar-refractivity contribution in [1.82, 2.24) is 5.32 Å². The van der Waals surface area contributed by atoms with Gasteiger partial charge in [0.15, 0.2) is 6.61 Å². The molecule has 1 amide bonds. The maximum Gasteiger partial charge on any atom is 0.335 e. The molecule has 0 saturated carbocycles. The summed E-state index contributed by atoms with van der Waals surface area (Å²) in [5, 5.41) is 11.4. The number of hydrogen-bond acceptors (Lipinski definition) is 5.